The van der Waals surface area contributed by atoms with Crippen molar-refractivity contribution in [3.8, 4) is 0 Å². The van der Waals surface area contributed by atoms with E-state index in [0.29, 0.717) is 5.69 Å². The lowest BCUT2D eigenvalue weighted by Crippen LogP contribution is -2.17. The molecule has 15 heavy (non-hydrogen) atoms. The summed E-state index contributed by atoms with van der Waals surface area (Å²) in [5, 5.41) is 8.92. The van der Waals surface area contributed by atoms with Gasteiger partial charge in [-0.05, 0) is 18.6 Å². The third kappa shape index (κ3) is 3.99. The van der Waals surface area contributed by atoms with Crippen LogP contribution in [0.4, 0.5) is 5.69 Å². The number of aliphatic hydroxyl groups excluding tert-OH is 1. The van der Waals surface area contributed by atoms with E-state index >= 15 is 0 Å². The van der Waals surface area contributed by atoms with Gasteiger partial charge in [-0.25, -0.2) is 0 Å². The van der Waals surface area contributed by atoms with Gasteiger partial charge < -0.3 is 15.6 Å². The molecule has 0 aliphatic carbocycles. The van der Waals surface area contributed by atoms with Crippen LogP contribution in [-0.4, -0.2) is 23.8 Å². The molecule has 4 heteroatoms. The molecule has 1 rings (SSSR count). The molecule has 82 valence electrons. The molecule has 0 radical (unpaired) electrons. The number of ether oxygens (including phenoxy) is 1. The van der Waals surface area contributed by atoms with Crippen LogP contribution in [0.25, 0.3) is 0 Å². The lowest BCUT2D eigenvalue weighted by Gasteiger charge is -2.07. The van der Waals surface area contributed by atoms with Crippen LogP contribution in [0, 0.1) is 0 Å². The van der Waals surface area contributed by atoms with Crippen LogP contribution >= 0.6 is 0 Å². The fourth-order valence-electron chi connectivity index (χ4n) is 1.12. The quantitative estimate of drug-likeness (QED) is 0.566. The highest BCUT2D eigenvalue weighted by Gasteiger charge is 2.08. The van der Waals surface area contributed by atoms with Gasteiger partial charge in [-0.3, -0.25) is 4.79 Å². The van der Waals surface area contributed by atoms with Crippen molar-refractivity contribution in [1.29, 1.82) is 0 Å². The number of hydrogen-bond donors (Lipinski definition) is 2. The molecule has 0 aromatic heterocycles. The van der Waals surface area contributed by atoms with Crippen molar-refractivity contribution in [1.82, 2.24) is 0 Å². The Morgan fingerprint density at radius 3 is 2.80 bits per heavy atom. The molecule has 0 aliphatic heterocycles. The Morgan fingerprint density at radius 2 is 2.20 bits per heavy atom. The second-order valence-corrected chi connectivity index (χ2v) is 3.41. The fraction of sp³-hybridized carbons (Fsp3) is 0.364. The number of benzene rings is 1. The monoisotopic (exact) mass is 209 g/mol. The summed E-state index contributed by atoms with van der Waals surface area (Å²) in [5.74, 6) is -0.381. The maximum absolute atomic E-state index is 11.3. The molecule has 0 spiro atoms. The van der Waals surface area contributed by atoms with Crippen molar-refractivity contribution in [2.75, 3.05) is 12.3 Å². The summed E-state index contributed by atoms with van der Waals surface area (Å²) >= 11 is 0. The molecule has 1 unspecified atom stereocenters. The first-order valence-corrected chi connectivity index (χ1v) is 4.76. The van der Waals surface area contributed by atoms with Crippen LogP contribution in [0.3, 0.4) is 0 Å². The Kier molecular flexibility index (Phi) is 4.12. The fourth-order valence-corrected chi connectivity index (χ4v) is 1.12. The van der Waals surface area contributed by atoms with Gasteiger partial charge in [0.25, 0.3) is 0 Å². The van der Waals surface area contributed by atoms with Crippen LogP contribution in [-0.2, 0) is 16.0 Å². The average molecular weight is 209 g/mol. The summed E-state index contributed by atoms with van der Waals surface area (Å²) in [7, 11) is 0. The smallest absolute Gasteiger partial charge is 0.310 e. The summed E-state index contributed by atoms with van der Waals surface area (Å²) in [6.07, 6.45) is -0.499. The van der Waals surface area contributed by atoms with Crippen molar-refractivity contribution in [3.05, 3.63) is 29.8 Å². The number of esters is 1. The Balaban J connectivity index is 2.48. The molecule has 0 heterocycles. The third-order valence-corrected chi connectivity index (χ3v) is 1.88. The van der Waals surface area contributed by atoms with Gasteiger partial charge in [-0.15, -0.1) is 0 Å². The van der Waals surface area contributed by atoms with Gasteiger partial charge in [0.2, 0.25) is 0 Å². The molecular weight excluding hydrogens is 194 g/mol. The van der Waals surface area contributed by atoms with Crippen LogP contribution in [0.15, 0.2) is 24.3 Å². The number of nitrogens with two attached hydrogens (primary N) is 1. The molecule has 1 aromatic rings. The van der Waals surface area contributed by atoms with E-state index in [4.69, 9.17) is 15.6 Å². The first-order valence-electron chi connectivity index (χ1n) is 4.76. The standard InChI is InChI=1S/C11H15NO3/c1-8(13)7-15-11(14)6-9-4-2-3-5-10(9)12/h2-5,8,13H,6-7,12H2,1H3. The van der Waals surface area contributed by atoms with E-state index in [0.717, 1.165) is 5.56 Å². The normalized spacial score (nSPS) is 12.1. The largest absolute Gasteiger partial charge is 0.463 e. The van der Waals surface area contributed by atoms with Crippen molar-refractivity contribution in [2.24, 2.45) is 0 Å². The van der Waals surface area contributed by atoms with E-state index in [2.05, 4.69) is 0 Å². The van der Waals surface area contributed by atoms with Gasteiger partial charge in [-0.1, -0.05) is 18.2 Å². The third-order valence-electron chi connectivity index (χ3n) is 1.88. The van der Waals surface area contributed by atoms with Crippen LogP contribution in [0.5, 0.6) is 0 Å². The highest BCUT2D eigenvalue weighted by atomic mass is 16.5. The second-order valence-electron chi connectivity index (χ2n) is 3.41. The minimum absolute atomic E-state index is 0.0194. The molecular formula is C11H15NO3. The molecule has 0 amide bonds. The number of rotatable bonds is 4. The number of hydrogen-bond acceptors (Lipinski definition) is 4. The maximum atomic E-state index is 11.3. The van der Waals surface area contributed by atoms with E-state index in [1.807, 2.05) is 6.07 Å². The van der Waals surface area contributed by atoms with Gasteiger partial charge in [-0.2, -0.15) is 0 Å². The number of anilines is 1. The SMILES string of the molecule is CC(O)COC(=O)Cc1ccccc1N. The van der Waals surface area contributed by atoms with Gasteiger partial charge in [0.15, 0.2) is 0 Å². The predicted molar refractivity (Wildman–Crippen MR) is 57.2 cm³/mol. The zero-order valence-corrected chi connectivity index (χ0v) is 8.64. The molecule has 3 N–H and O–H groups in total. The van der Waals surface area contributed by atoms with Gasteiger partial charge in [0.05, 0.1) is 12.5 Å². The minimum atomic E-state index is -0.637. The summed E-state index contributed by atoms with van der Waals surface area (Å²) in [6, 6.07) is 7.13. The Hall–Kier alpha value is -1.55. The van der Waals surface area contributed by atoms with Gasteiger partial charge in [0.1, 0.15) is 6.61 Å². The minimum Gasteiger partial charge on any atom is -0.463 e. The highest BCUT2D eigenvalue weighted by molar-refractivity contribution is 5.74. The molecule has 4 nitrogen and oxygen atoms in total. The topological polar surface area (TPSA) is 72.5 Å². The first-order chi connectivity index (χ1) is 7.09. The van der Waals surface area contributed by atoms with Crippen LogP contribution in [0.2, 0.25) is 0 Å². The zero-order valence-electron chi connectivity index (χ0n) is 8.64. The first kappa shape index (κ1) is 11.5. The zero-order chi connectivity index (χ0) is 11.3. The Bertz CT molecular complexity index is 336. The van der Waals surface area contributed by atoms with E-state index in [-0.39, 0.29) is 19.0 Å². The molecule has 0 saturated carbocycles. The molecule has 0 bridgehead atoms. The van der Waals surface area contributed by atoms with E-state index in [1.54, 1.807) is 25.1 Å². The average Bonchev–Trinajstić information content (AvgIpc) is 2.18. The van der Waals surface area contributed by atoms with Crippen LogP contribution < -0.4 is 5.73 Å². The molecule has 1 atom stereocenters. The predicted octanol–water partition coefficient (Wildman–Crippen LogP) is 0.735. The second kappa shape index (κ2) is 5.36. The van der Waals surface area contributed by atoms with Crippen molar-refractivity contribution in [2.45, 2.75) is 19.4 Å². The number of aliphatic hydroxyl groups is 1. The summed E-state index contributed by atoms with van der Waals surface area (Å²) in [5.41, 5.74) is 6.99. The number of carbonyl (C=O) groups is 1. The number of nitrogen functional groups attached to an aromatic ring is 1. The number of para-hydroxylation sites is 1. The number of carbonyl (C=O) groups excluding carboxylic acids is 1. The van der Waals surface area contributed by atoms with Crippen molar-refractivity contribution >= 4 is 11.7 Å². The van der Waals surface area contributed by atoms with E-state index < -0.39 is 6.10 Å². The highest BCUT2D eigenvalue weighted by Crippen LogP contribution is 2.11. The molecule has 1 aromatic carbocycles. The summed E-state index contributed by atoms with van der Waals surface area (Å²) in [6.45, 7) is 1.58. The van der Waals surface area contributed by atoms with Gasteiger partial charge >= 0.3 is 5.97 Å². The molecule has 0 aliphatic rings. The van der Waals surface area contributed by atoms with Crippen molar-refractivity contribution < 1.29 is 14.6 Å². The summed E-state index contributed by atoms with van der Waals surface area (Å²) < 4.78 is 4.82. The summed E-state index contributed by atoms with van der Waals surface area (Å²) in [4.78, 5) is 11.3. The van der Waals surface area contributed by atoms with Crippen LogP contribution in [0.1, 0.15) is 12.5 Å². The van der Waals surface area contributed by atoms with Crippen molar-refractivity contribution in [3.63, 3.8) is 0 Å². The lowest BCUT2D eigenvalue weighted by atomic mass is 10.1. The maximum Gasteiger partial charge on any atom is 0.310 e. The van der Waals surface area contributed by atoms with E-state index in [1.165, 1.54) is 0 Å². The van der Waals surface area contributed by atoms with Gasteiger partial charge in [0, 0.05) is 5.69 Å². The molecule has 0 fully saturated rings. The molecule has 0 saturated heterocycles. The Labute approximate surface area is 88.7 Å². The van der Waals surface area contributed by atoms with E-state index in [9.17, 15) is 4.79 Å². The Morgan fingerprint density at radius 1 is 1.53 bits per heavy atom. The lowest BCUT2D eigenvalue weighted by molar-refractivity contribution is -0.145.